The lowest BCUT2D eigenvalue weighted by atomic mass is 9.70. The summed E-state index contributed by atoms with van der Waals surface area (Å²) < 4.78 is 5.60. The first kappa shape index (κ1) is 21.0. The second kappa shape index (κ2) is 9.20. The number of aryl methyl sites for hydroxylation is 1. The van der Waals surface area contributed by atoms with E-state index in [1.165, 1.54) is 12.5 Å². The number of carbonyl (C=O) groups excluding carboxylic acids is 1. The van der Waals surface area contributed by atoms with Gasteiger partial charge in [-0.15, -0.1) is 10.2 Å². The van der Waals surface area contributed by atoms with Crippen molar-refractivity contribution in [1.29, 1.82) is 0 Å². The zero-order valence-electron chi connectivity index (χ0n) is 17.9. The summed E-state index contributed by atoms with van der Waals surface area (Å²) >= 11 is 0. The van der Waals surface area contributed by atoms with Gasteiger partial charge in [0.1, 0.15) is 5.82 Å². The minimum atomic E-state index is -0.119. The van der Waals surface area contributed by atoms with E-state index >= 15 is 0 Å². The molecular weight excluding hydrogens is 366 g/mol. The van der Waals surface area contributed by atoms with Crippen LogP contribution in [0.2, 0.25) is 0 Å². The van der Waals surface area contributed by atoms with Gasteiger partial charge in [0.2, 0.25) is 17.7 Å². The summed E-state index contributed by atoms with van der Waals surface area (Å²) in [7, 11) is 0. The first-order valence-corrected chi connectivity index (χ1v) is 10.3. The van der Waals surface area contributed by atoms with Crippen molar-refractivity contribution in [2.45, 2.75) is 47.5 Å². The topological polar surface area (TPSA) is 92.9 Å². The predicted octanol–water partition coefficient (Wildman–Crippen LogP) is 4.24. The maximum atomic E-state index is 11.1. The number of aromatic nitrogens is 3. The molecule has 2 aromatic heterocycles. The SMILES string of the molecule is CC(=O)Nc1ccc(NC[C@@H]2C=C(C)[C@@H](Cc3nnc(C)o3)C[C@H]2C(C)C)cn1. The Morgan fingerprint density at radius 3 is 2.66 bits per heavy atom. The van der Waals surface area contributed by atoms with Crippen molar-refractivity contribution < 1.29 is 9.21 Å². The maximum Gasteiger partial charge on any atom is 0.222 e. The number of pyridine rings is 1. The zero-order valence-corrected chi connectivity index (χ0v) is 17.9. The highest BCUT2D eigenvalue weighted by molar-refractivity contribution is 5.87. The molecule has 156 valence electrons. The summed E-state index contributed by atoms with van der Waals surface area (Å²) in [5, 5.41) is 14.3. The Kier molecular flexibility index (Phi) is 6.67. The monoisotopic (exact) mass is 397 g/mol. The number of allylic oxidation sites excluding steroid dienone is 1. The van der Waals surface area contributed by atoms with Gasteiger partial charge in [-0.25, -0.2) is 4.98 Å². The molecule has 1 amide bonds. The van der Waals surface area contributed by atoms with Gasteiger partial charge in [0.05, 0.1) is 11.9 Å². The summed E-state index contributed by atoms with van der Waals surface area (Å²) in [4.78, 5) is 15.4. The van der Waals surface area contributed by atoms with Crippen LogP contribution in [0.4, 0.5) is 11.5 Å². The number of hydrogen-bond donors (Lipinski definition) is 2. The third kappa shape index (κ3) is 5.65. The molecule has 0 radical (unpaired) electrons. The van der Waals surface area contributed by atoms with Gasteiger partial charge in [-0.3, -0.25) is 4.79 Å². The second-order valence-electron chi connectivity index (χ2n) is 8.33. The first-order valence-electron chi connectivity index (χ1n) is 10.3. The summed E-state index contributed by atoms with van der Waals surface area (Å²) in [6.07, 6.45) is 6.10. The van der Waals surface area contributed by atoms with Gasteiger partial charge in [0, 0.05) is 26.8 Å². The first-order chi connectivity index (χ1) is 13.8. The Balaban J connectivity index is 1.65. The molecule has 0 spiro atoms. The number of hydrogen-bond acceptors (Lipinski definition) is 6. The van der Waals surface area contributed by atoms with E-state index in [0.717, 1.165) is 31.0 Å². The van der Waals surface area contributed by atoms with Crippen LogP contribution in [-0.2, 0) is 11.2 Å². The number of amides is 1. The molecule has 1 aliphatic rings. The van der Waals surface area contributed by atoms with Gasteiger partial charge in [0.25, 0.3) is 0 Å². The van der Waals surface area contributed by atoms with Crippen LogP contribution in [0.1, 0.15) is 45.9 Å². The fourth-order valence-electron chi connectivity index (χ4n) is 4.13. The predicted molar refractivity (Wildman–Crippen MR) is 113 cm³/mol. The lowest BCUT2D eigenvalue weighted by Gasteiger charge is -2.37. The number of nitrogens with one attached hydrogen (secondary N) is 2. The van der Waals surface area contributed by atoms with Crippen LogP contribution in [0, 0.1) is 30.6 Å². The number of rotatable bonds is 7. The van der Waals surface area contributed by atoms with Gasteiger partial charge in [-0.05, 0) is 49.1 Å². The highest BCUT2D eigenvalue weighted by Gasteiger charge is 2.32. The van der Waals surface area contributed by atoms with E-state index < -0.39 is 0 Å². The van der Waals surface area contributed by atoms with E-state index in [1.807, 2.05) is 19.1 Å². The Morgan fingerprint density at radius 2 is 2.07 bits per heavy atom. The second-order valence-corrected chi connectivity index (χ2v) is 8.33. The minimum absolute atomic E-state index is 0.119. The summed E-state index contributed by atoms with van der Waals surface area (Å²) in [6.45, 7) is 11.0. The molecule has 2 heterocycles. The van der Waals surface area contributed by atoms with Crippen molar-refractivity contribution in [2.75, 3.05) is 17.2 Å². The highest BCUT2D eigenvalue weighted by atomic mass is 16.4. The summed E-state index contributed by atoms with van der Waals surface area (Å²) in [5.41, 5.74) is 2.35. The third-order valence-electron chi connectivity index (χ3n) is 5.68. The Morgan fingerprint density at radius 1 is 1.28 bits per heavy atom. The molecule has 3 atom stereocenters. The molecular formula is C22H31N5O2. The van der Waals surface area contributed by atoms with Gasteiger partial charge < -0.3 is 15.1 Å². The maximum absolute atomic E-state index is 11.1. The quantitative estimate of drug-likeness (QED) is 0.679. The van der Waals surface area contributed by atoms with Crippen molar-refractivity contribution in [3.63, 3.8) is 0 Å². The van der Waals surface area contributed by atoms with Crippen LogP contribution in [-0.4, -0.2) is 27.6 Å². The molecule has 2 N–H and O–H groups in total. The van der Waals surface area contributed by atoms with Gasteiger partial charge >= 0.3 is 0 Å². The third-order valence-corrected chi connectivity index (χ3v) is 5.68. The molecule has 0 bridgehead atoms. The molecule has 0 aliphatic heterocycles. The van der Waals surface area contributed by atoms with E-state index in [2.05, 4.69) is 52.7 Å². The van der Waals surface area contributed by atoms with Crippen LogP contribution in [0.15, 0.2) is 34.4 Å². The van der Waals surface area contributed by atoms with Crippen LogP contribution in [0.5, 0.6) is 0 Å². The Hall–Kier alpha value is -2.70. The smallest absolute Gasteiger partial charge is 0.222 e. The lowest BCUT2D eigenvalue weighted by molar-refractivity contribution is -0.114. The molecule has 7 nitrogen and oxygen atoms in total. The van der Waals surface area contributed by atoms with Crippen LogP contribution in [0.25, 0.3) is 0 Å². The molecule has 0 saturated carbocycles. The highest BCUT2D eigenvalue weighted by Crippen LogP contribution is 2.39. The molecule has 0 saturated heterocycles. The molecule has 3 rings (SSSR count). The fraction of sp³-hybridized carbons (Fsp3) is 0.545. The lowest BCUT2D eigenvalue weighted by Crippen LogP contribution is -2.32. The van der Waals surface area contributed by atoms with Gasteiger partial charge in [0.15, 0.2) is 0 Å². The Labute approximate surface area is 172 Å². The van der Waals surface area contributed by atoms with Crippen LogP contribution in [0.3, 0.4) is 0 Å². The molecule has 1 aliphatic carbocycles. The molecule has 0 unspecified atom stereocenters. The van der Waals surface area contributed by atoms with Crippen molar-refractivity contribution >= 4 is 17.4 Å². The average molecular weight is 398 g/mol. The van der Waals surface area contributed by atoms with Crippen molar-refractivity contribution in [3.8, 4) is 0 Å². The number of carbonyl (C=O) groups is 1. The van der Waals surface area contributed by atoms with Gasteiger partial charge in [-0.1, -0.05) is 25.5 Å². The molecule has 0 aromatic carbocycles. The van der Waals surface area contributed by atoms with E-state index in [-0.39, 0.29) is 5.91 Å². The molecule has 29 heavy (non-hydrogen) atoms. The standard InChI is InChI=1S/C22H31N5O2/c1-13(2)20-9-17(10-22-27-26-16(5)29-22)14(3)8-18(20)11-23-19-6-7-21(24-12-19)25-15(4)28/h6-8,12-13,17-18,20,23H,9-11H2,1-5H3,(H,24,25,28)/t17-,18+,20+/m1/s1. The Bertz CT molecular complexity index is 856. The fourth-order valence-corrected chi connectivity index (χ4v) is 4.13. The van der Waals surface area contributed by atoms with E-state index in [4.69, 9.17) is 4.42 Å². The largest absolute Gasteiger partial charge is 0.426 e. The van der Waals surface area contributed by atoms with Crippen molar-refractivity contribution in [3.05, 3.63) is 41.8 Å². The normalized spacial score (nSPS) is 21.7. The summed E-state index contributed by atoms with van der Waals surface area (Å²) in [5.74, 6) is 3.84. The van der Waals surface area contributed by atoms with Crippen LogP contribution < -0.4 is 10.6 Å². The molecule has 2 aromatic rings. The molecule has 0 fully saturated rings. The van der Waals surface area contributed by atoms with Gasteiger partial charge in [-0.2, -0.15) is 0 Å². The van der Waals surface area contributed by atoms with Crippen LogP contribution >= 0.6 is 0 Å². The minimum Gasteiger partial charge on any atom is -0.426 e. The summed E-state index contributed by atoms with van der Waals surface area (Å²) in [6, 6.07) is 3.76. The number of anilines is 2. The zero-order chi connectivity index (χ0) is 21.0. The van der Waals surface area contributed by atoms with Crippen molar-refractivity contribution in [2.24, 2.45) is 23.7 Å². The van der Waals surface area contributed by atoms with Crippen molar-refractivity contribution in [1.82, 2.24) is 15.2 Å². The average Bonchev–Trinajstić information content (AvgIpc) is 3.07. The number of nitrogens with zero attached hydrogens (tertiary/aromatic N) is 3. The van der Waals surface area contributed by atoms with E-state index in [1.54, 1.807) is 6.20 Å². The molecule has 7 heteroatoms. The van der Waals surface area contributed by atoms with E-state index in [0.29, 0.717) is 35.4 Å². The van der Waals surface area contributed by atoms with E-state index in [9.17, 15) is 4.79 Å².